The van der Waals surface area contributed by atoms with Gasteiger partial charge in [-0.15, -0.1) is 0 Å². The van der Waals surface area contributed by atoms with Crippen molar-refractivity contribution < 1.29 is 12.6 Å². The Morgan fingerprint density at radius 3 is 2.56 bits per heavy atom. The van der Waals surface area contributed by atoms with Crippen LogP contribution in [0.15, 0.2) is 11.8 Å². The van der Waals surface area contributed by atoms with Crippen molar-refractivity contribution >= 4 is 10.1 Å². The van der Waals surface area contributed by atoms with Crippen LogP contribution in [0.4, 0.5) is 0 Å². The molecule has 9 heteroatoms. The molecule has 0 aliphatic carbocycles. The maximum Gasteiger partial charge on any atom is 0.264 e. The van der Waals surface area contributed by atoms with E-state index in [1.54, 1.807) is 6.20 Å². The number of nitrogens with one attached hydrogen (secondary N) is 1. The maximum atomic E-state index is 11.0. The molecule has 0 saturated carbocycles. The van der Waals surface area contributed by atoms with Crippen LogP contribution >= 0.6 is 0 Å². The zero-order valence-corrected chi connectivity index (χ0v) is 16.7. The largest absolute Gasteiger partial charge is 0.360 e. The summed E-state index contributed by atoms with van der Waals surface area (Å²) >= 11 is 0. The minimum atomic E-state index is -3.41. The third kappa shape index (κ3) is 7.47. The third-order valence-corrected chi connectivity index (χ3v) is 5.65. The van der Waals surface area contributed by atoms with Gasteiger partial charge >= 0.3 is 0 Å². The molecule has 2 fully saturated rings. The van der Waals surface area contributed by atoms with E-state index >= 15 is 0 Å². The van der Waals surface area contributed by atoms with Gasteiger partial charge < -0.3 is 9.80 Å². The fourth-order valence-electron chi connectivity index (χ4n) is 3.73. The predicted molar refractivity (Wildman–Crippen MR) is 102 cm³/mol. The van der Waals surface area contributed by atoms with Crippen LogP contribution in [-0.4, -0.2) is 69.5 Å². The van der Waals surface area contributed by atoms with E-state index in [4.69, 9.17) is 14.7 Å². The van der Waals surface area contributed by atoms with Crippen LogP contribution < -0.4 is 5.32 Å². The summed E-state index contributed by atoms with van der Waals surface area (Å²) < 4.78 is 26.8. The fraction of sp³-hybridized carbons (Fsp3) is 0.778. The molecule has 0 aromatic carbocycles. The first-order chi connectivity index (χ1) is 12.9. The second-order valence-electron chi connectivity index (χ2n) is 7.13. The second-order valence-corrected chi connectivity index (χ2v) is 8.77. The third-order valence-electron chi connectivity index (χ3n) is 5.06. The lowest BCUT2D eigenvalue weighted by atomic mass is 9.97. The van der Waals surface area contributed by atoms with Gasteiger partial charge in [0.2, 0.25) is 0 Å². The molecule has 0 aromatic heterocycles. The van der Waals surface area contributed by atoms with E-state index in [1.807, 2.05) is 17.0 Å². The van der Waals surface area contributed by atoms with Crippen molar-refractivity contribution in [1.29, 1.82) is 10.5 Å². The van der Waals surface area contributed by atoms with E-state index in [0.717, 1.165) is 38.7 Å². The molecule has 8 nitrogen and oxygen atoms in total. The van der Waals surface area contributed by atoms with Crippen molar-refractivity contribution in [3.8, 4) is 12.1 Å². The topological polar surface area (TPSA) is 109 Å². The smallest absolute Gasteiger partial charge is 0.264 e. The molecule has 2 rings (SSSR count). The lowest BCUT2D eigenvalue weighted by Gasteiger charge is -2.44. The van der Waals surface area contributed by atoms with Gasteiger partial charge in [0, 0.05) is 18.8 Å². The summed E-state index contributed by atoms with van der Waals surface area (Å²) in [4.78, 5) is 4.58. The molecule has 2 saturated heterocycles. The Morgan fingerprint density at radius 2 is 1.93 bits per heavy atom. The summed E-state index contributed by atoms with van der Waals surface area (Å²) in [5.41, 5.74) is 0.0960. The summed E-state index contributed by atoms with van der Waals surface area (Å²) in [7, 11) is -3.41. The Labute approximate surface area is 162 Å². The molecule has 2 aliphatic rings. The van der Waals surface area contributed by atoms with Gasteiger partial charge in [-0.1, -0.05) is 6.42 Å². The first kappa shape index (κ1) is 21.6. The Kier molecular flexibility index (Phi) is 8.52. The highest BCUT2D eigenvalue weighted by Gasteiger charge is 2.31. The number of piperidine rings is 2. The van der Waals surface area contributed by atoms with Crippen LogP contribution in [0, 0.1) is 22.7 Å². The summed E-state index contributed by atoms with van der Waals surface area (Å²) in [6, 6.07) is 4.33. The molecular formula is C18H29N5O3S. The molecule has 150 valence electrons. The summed E-state index contributed by atoms with van der Waals surface area (Å²) in [6.45, 7) is 3.80. The SMILES string of the molecule is CS(=O)(=O)OCCCNC1CC(N2CCCCC2)CCN1C=C(C#N)C#N. The summed E-state index contributed by atoms with van der Waals surface area (Å²) in [6.07, 6.45) is 8.97. The van der Waals surface area contributed by atoms with Crippen LogP contribution in [0.25, 0.3) is 0 Å². The Hall–Kier alpha value is -1.65. The molecule has 1 N–H and O–H groups in total. The van der Waals surface area contributed by atoms with Gasteiger partial charge in [-0.3, -0.25) is 9.50 Å². The van der Waals surface area contributed by atoms with Crippen LogP contribution in [-0.2, 0) is 14.3 Å². The predicted octanol–water partition coefficient (Wildman–Crippen LogP) is 1.15. The minimum absolute atomic E-state index is 0.0145. The molecule has 0 bridgehead atoms. The highest BCUT2D eigenvalue weighted by Crippen LogP contribution is 2.24. The average molecular weight is 396 g/mol. The molecule has 27 heavy (non-hydrogen) atoms. The van der Waals surface area contributed by atoms with Crippen LogP contribution in [0.5, 0.6) is 0 Å². The summed E-state index contributed by atoms with van der Waals surface area (Å²) in [5.74, 6) is 0. The van der Waals surface area contributed by atoms with Crippen molar-refractivity contribution in [2.45, 2.75) is 50.7 Å². The quantitative estimate of drug-likeness (QED) is 0.370. The molecule has 0 aromatic rings. The Balaban J connectivity index is 1.94. The fourth-order valence-corrected chi connectivity index (χ4v) is 4.16. The van der Waals surface area contributed by atoms with E-state index in [0.29, 0.717) is 19.0 Å². The average Bonchev–Trinajstić information content (AvgIpc) is 2.66. The standard InChI is InChI=1S/C18H29N5O3S/c1-27(24,25)26-11-5-7-21-18-12-17(22-8-3-2-4-9-22)6-10-23(18)15-16(13-19)14-20/h15,17-18,21H,2-12H2,1H3. The number of nitrogens with zero attached hydrogens (tertiary/aromatic N) is 4. The minimum Gasteiger partial charge on any atom is -0.360 e. The molecule has 0 spiro atoms. The monoisotopic (exact) mass is 395 g/mol. The lowest BCUT2D eigenvalue weighted by molar-refractivity contribution is 0.0656. The molecule has 2 unspecified atom stereocenters. The van der Waals surface area contributed by atoms with Crippen LogP contribution in [0.3, 0.4) is 0 Å². The van der Waals surface area contributed by atoms with Crippen molar-refractivity contribution in [3.63, 3.8) is 0 Å². The van der Waals surface area contributed by atoms with Gasteiger partial charge in [0.15, 0.2) is 0 Å². The Bertz CT molecular complexity index is 673. The molecule has 2 atom stereocenters. The molecule has 2 heterocycles. The van der Waals surface area contributed by atoms with Gasteiger partial charge in [0.1, 0.15) is 17.7 Å². The lowest BCUT2D eigenvalue weighted by Crippen LogP contribution is -2.54. The zero-order valence-electron chi connectivity index (χ0n) is 15.9. The van der Waals surface area contributed by atoms with Crippen molar-refractivity contribution in [2.24, 2.45) is 0 Å². The normalized spacial score (nSPS) is 24.0. The number of likely N-dealkylation sites (tertiary alicyclic amines) is 2. The van der Waals surface area contributed by atoms with Gasteiger partial charge in [-0.25, -0.2) is 0 Å². The van der Waals surface area contributed by atoms with Crippen molar-refractivity contribution in [2.75, 3.05) is 39.0 Å². The van der Waals surface area contributed by atoms with E-state index in [9.17, 15) is 8.42 Å². The summed E-state index contributed by atoms with van der Waals surface area (Å²) in [5, 5.41) is 21.5. The van der Waals surface area contributed by atoms with Gasteiger partial charge in [0.25, 0.3) is 10.1 Å². The molecular weight excluding hydrogens is 366 g/mol. The van der Waals surface area contributed by atoms with E-state index < -0.39 is 10.1 Å². The van der Waals surface area contributed by atoms with Crippen molar-refractivity contribution in [1.82, 2.24) is 15.1 Å². The van der Waals surface area contributed by atoms with E-state index in [1.165, 1.54) is 19.3 Å². The second kappa shape index (κ2) is 10.6. The van der Waals surface area contributed by atoms with Crippen LogP contribution in [0.2, 0.25) is 0 Å². The number of hydrogen-bond donors (Lipinski definition) is 1. The first-order valence-corrected chi connectivity index (χ1v) is 11.3. The molecule has 0 radical (unpaired) electrons. The number of nitriles is 2. The Morgan fingerprint density at radius 1 is 1.22 bits per heavy atom. The van der Waals surface area contributed by atoms with Gasteiger partial charge in [-0.05, 0) is 51.7 Å². The number of rotatable bonds is 8. The van der Waals surface area contributed by atoms with E-state index in [-0.39, 0.29) is 18.3 Å². The highest BCUT2D eigenvalue weighted by atomic mass is 32.2. The highest BCUT2D eigenvalue weighted by molar-refractivity contribution is 7.85. The number of allylic oxidation sites excluding steroid dienone is 1. The molecule has 0 amide bonds. The van der Waals surface area contributed by atoms with Crippen molar-refractivity contribution in [3.05, 3.63) is 11.8 Å². The van der Waals surface area contributed by atoms with Crippen LogP contribution in [0.1, 0.15) is 38.5 Å². The first-order valence-electron chi connectivity index (χ1n) is 9.52. The number of hydrogen-bond acceptors (Lipinski definition) is 8. The molecule has 2 aliphatic heterocycles. The van der Waals surface area contributed by atoms with Gasteiger partial charge in [0.05, 0.1) is 19.0 Å². The zero-order chi connectivity index (χ0) is 19.7. The van der Waals surface area contributed by atoms with E-state index in [2.05, 4.69) is 10.2 Å². The van der Waals surface area contributed by atoms with Gasteiger partial charge in [-0.2, -0.15) is 18.9 Å². The maximum absolute atomic E-state index is 11.0.